The topological polar surface area (TPSA) is 48.5 Å². The maximum Gasteiger partial charge on any atom is 0.224 e. The lowest BCUT2D eigenvalue weighted by Crippen LogP contribution is -2.41. The van der Waals surface area contributed by atoms with Gasteiger partial charge in [-0.3, -0.25) is 9.69 Å². The Balaban J connectivity index is 1.18. The van der Waals surface area contributed by atoms with Crippen LogP contribution < -0.4 is 10.2 Å². The number of piperidine rings is 1. The van der Waals surface area contributed by atoms with E-state index in [1.165, 1.54) is 63.6 Å². The molecule has 0 bridgehead atoms. The Bertz CT molecular complexity index is 929. The van der Waals surface area contributed by atoms with Gasteiger partial charge in [-0.2, -0.15) is 0 Å². The number of benzene rings is 1. The third-order valence-corrected chi connectivity index (χ3v) is 7.90. The van der Waals surface area contributed by atoms with E-state index in [0.717, 1.165) is 30.5 Å². The number of amides is 1. The molecule has 2 aromatic rings. The Hall–Kier alpha value is -2.40. The van der Waals surface area contributed by atoms with Crippen molar-refractivity contribution in [2.75, 3.05) is 38.1 Å². The highest BCUT2D eigenvalue weighted by Crippen LogP contribution is 2.33. The molecule has 3 aliphatic rings. The van der Waals surface area contributed by atoms with Gasteiger partial charge in [-0.05, 0) is 72.8 Å². The van der Waals surface area contributed by atoms with Crippen LogP contribution >= 0.6 is 0 Å². The predicted molar refractivity (Wildman–Crippen MR) is 129 cm³/mol. The largest absolute Gasteiger partial charge is 0.359 e. The monoisotopic (exact) mass is 432 g/mol. The number of carbonyl (C=O) groups is 1. The molecule has 1 aromatic carbocycles. The smallest absolute Gasteiger partial charge is 0.224 e. The van der Waals surface area contributed by atoms with Crippen molar-refractivity contribution in [2.45, 2.75) is 63.3 Å². The molecule has 2 fully saturated rings. The first-order valence-electron chi connectivity index (χ1n) is 12.5. The highest BCUT2D eigenvalue weighted by molar-refractivity contribution is 5.78. The summed E-state index contributed by atoms with van der Waals surface area (Å²) in [5, 5.41) is 2.67. The molecule has 1 saturated heterocycles. The number of fused-ring (bicyclic) bond motifs is 1. The fourth-order valence-electron chi connectivity index (χ4n) is 5.56. The minimum atomic E-state index is 0.0249. The Labute approximate surface area is 192 Å². The average molecular weight is 433 g/mol. The van der Waals surface area contributed by atoms with Crippen molar-refractivity contribution < 1.29 is 4.79 Å². The molecule has 1 aliphatic carbocycles. The Morgan fingerprint density at radius 3 is 2.44 bits per heavy atom. The molecule has 0 spiro atoms. The van der Waals surface area contributed by atoms with Crippen molar-refractivity contribution in [1.29, 1.82) is 0 Å². The summed E-state index contributed by atoms with van der Waals surface area (Å²) in [7, 11) is 1.67. The summed E-state index contributed by atoms with van der Waals surface area (Å²) in [5.74, 6) is 1.70. The van der Waals surface area contributed by atoms with Crippen LogP contribution in [0.4, 0.5) is 5.82 Å². The molecule has 2 aliphatic heterocycles. The molecule has 1 amide bonds. The average Bonchev–Trinajstić information content (AvgIpc) is 3.01. The van der Waals surface area contributed by atoms with Crippen LogP contribution in [0.25, 0.3) is 0 Å². The van der Waals surface area contributed by atoms with Crippen molar-refractivity contribution in [2.24, 2.45) is 0 Å². The Morgan fingerprint density at radius 1 is 1.00 bits per heavy atom. The third kappa shape index (κ3) is 4.68. The van der Waals surface area contributed by atoms with Crippen LogP contribution in [0.3, 0.4) is 0 Å². The van der Waals surface area contributed by atoms with Crippen molar-refractivity contribution in [1.82, 2.24) is 15.2 Å². The predicted octanol–water partition coefficient (Wildman–Crippen LogP) is 3.71. The lowest BCUT2D eigenvalue weighted by molar-refractivity contribution is -0.119. The number of hydrogen-bond acceptors (Lipinski definition) is 4. The molecule has 0 radical (unpaired) electrons. The van der Waals surface area contributed by atoms with E-state index in [2.05, 4.69) is 44.4 Å². The molecule has 5 nitrogen and oxygen atoms in total. The summed E-state index contributed by atoms with van der Waals surface area (Å²) in [6.45, 7) is 4.56. The molecule has 0 atom stereocenters. The van der Waals surface area contributed by atoms with Crippen LogP contribution in [0, 0.1) is 0 Å². The SMILES string of the molecule is CNC(=O)Cc1ccc(N2CCC(c3ccc4c(c3)CCN(C3CCC3)CC4)CC2)nc1. The minimum Gasteiger partial charge on any atom is -0.359 e. The van der Waals surface area contributed by atoms with Crippen molar-refractivity contribution in [3.05, 3.63) is 58.8 Å². The number of aromatic nitrogens is 1. The normalized spacial score (nSPS) is 20.3. The molecule has 170 valence electrons. The number of nitrogens with one attached hydrogen (secondary N) is 1. The summed E-state index contributed by atoms with van der Waals surface area (Å²) < 4.78 is 0. The van der Waals surface area contributed by atoms with Gasteiger partial charge in [-0.1, -0.05) is 30.7 Å². The van der Waals surface area contributed by atoms with Crippen LogP contribution in [-0.4, -0.2) is 55.1 Å². The highest BCUT2D eigenvalue weighted by Gasteiger charge is 2.27. The van der Waals surface area contributed by atoms with Crippen LogP contribution in [-0.2, 0) is 24.1 Å². The summed E-state index contributed by atoms with van der Waals surface area (Å²) in [6, 6.07) is 12.3. The zero-order valence-corrected chi connectivity index (χ0v) is 19.4. The van der Waals surface area contributed by atoms with Crippen molar-refractivity contribution in [3.63, 3.8) is 0 Å². The quantitative estimate of drug-likeness (QED) is 0.783. The number of rotatable bonds is 5. The van der Waals surface area contributed by atoms with Gasteiger partial charge < -0.3 is 10.2 Å². The molecule has 5 rings (SSSR count). The number of pyridine rings is 1. The van der Waals surface area contributed by atoms with Crippen LogP contribution in [0.15, 0.2) is 36.5 Å². The maximum atomic E-state index is 11.6. The van der Waals surface area contributed by atoms with Gasteiger partial charge in [0.25, 0.3) is 0 Å². The number of carbonyl (C=O) groups excluding carboxylic acids is 1. The van der Waals surface area contributed by atoms with Crippen molar-refractivity contribution in [3.8, 4) is 0 Å². The van der Waals surface area contributed by atoms with Gasteiger partial charge in [-0.25, -0.2) is 4.98 Å². The van der Waals surface area contributed by atoms with Crippen LogP contribution in [0.2, 0.25) is 0 Å². The molecular weight excluding hydrogens is 396 g/mol. The van der Waals surface area contributed by atoms with Crippen molar-refractivity contribution >= 4 is 11.7 Å². The molecule has 1 aromatic heterocycles. The van der Waals surface area contributed by atoms with Gasteiger partial charge in [0.15, 0.2) is 0 Å². The second kappa shape index (κ2) is 9.62. The molecule has 5 heteroatoms. The van der Waals surface area contributed by atoms with E-state index < -0.39 is 0 Å². The van der Waals surface area contributed by atoms with E-state index in [1.807, 2.05) is 12.3 Å². The molecule has 3 heterocycles. The second-order valence-corrected chi connectivity index (χ2v) is 9.78. The minimum absolute atomic E-state index is 0.0249. The van der Waals surface area contributed by atoms with E-state index in [-0.39, 0.29) is 5.91 Å². The van der Waals surface area contributed by atoms with E-state index >= 15 is 0 Å². The fraction of sp³-hybridized carbons (Fsp3) is 0.556. The standard InChI is InChI=1S/C27H36N4O/c1-28-27(32)17-20-5-8-26(29-19-20)31-15-10-22(11-16-31)23-7-6-21-9-13-30(25-3-2-4-25)14-12-24(21)18-23/h5-8,18-19,22,25H,2-4,9-17H2,1H3,(H,28,32). The molecule has 32 heavy (non-hydrogen) atoms. The first-order valence-corrected chi connectivity index (χ1v) is 12.5. The second-order valence-electron chi connectivity index (χ2n) is 9.78. The van der Waals surface area contributed by atoms with Gasteiger partial charge in [0.1, 0.15) is 5.82 Å². The lowest BCUT2D eigenvalue weighted by atomic mass is 9.87. The number of nitrogens with zero attached hydrogens (tertiary/aromatic N) is 3. The molecule has 0 unspecified atom stereocenters. The Morgan fingerprint density at radius 2 is 1.78 bits per heavy atom. The summed E-state index contributed by atoms with van der Waals surface area (Å²) in [6.07, 6.45) is 11.3. The Kier molecular flexibility index (Phi) is 6.44. The lowest BCUT2D eigenvalue weighted by Gasteiger charge is -2.36. The zero-order chi connectivity index (χ0) is 21.9. The van der Waals surface area contributed by atoms with E-state index in [4.69, 9.17) is 0 Å². The van der Waals surface area contributed by atoms with Gasteiger partial charge in [0, 0.05) is 45.5 Å². The first-order chi connectivity index (χ1) is 15.7. The van der Waals surface area contributed by atoms with Crippen LogP contribution in [0.5, 0.6) is 0 Å². The van der Waals surface area contributed by atoms with E-state index in [0.29, 0.717) is 12.3 Å². The number of anilines is 1. The van der Waals surface area contributed by atoms with Gasteiger partial charge in [-0.15, -0.1) is 0 Å². The summed E-state index contributed by atoms with van der Waals surface area (Å²) in [4.78, 5) is 21.3. The molecule has 1 N–H and O–H groups in total. The van der Waals surface area contributed by atoms with Crippen LogP contribution in [0.1, 0.15) is 60.3 Å². The molecule has 1 saturated carbocycles. The van der Waals surface area contributed by atoms with Gasteiger partial charge >= 0.3 is 0 Å². The van der Waals surface area contributed by atoms with Gasteiger partial charge in [0.05, 0.1) is 6.42 Å². The van der Waals surface area contributed by atoms with E-state index in [1.54, 1.807) is 18.2 Å². The molecular formula is C27H36N4O. The zero-order valence-electron chi connectivity index (χ0n) is 19.4. The summed E-state index contributed by atoms with van der Waals surface area (Å²) >= 11 is 0. The third-order valence-electron chi connectivity index (χ3n) is 7.90. The highest BCUT2D eigenvalue weighted by atomic mass is 16.1. The van der Waals surface area contributed by atoms with E-state index in [9.17, 15) is 4.79 Å². The number of likely N-dealkylation sites (N-methyl/N-ethyl adjacent to an activating group) is 1. The fourth-order valence-corrected chi connectivity index (χ4v) is 5.56. The number of hydrogen-bond donors (Lipinski definition) is 1. The summed E-state index contributed by atoms with van der Waals surface area (Å²) in [5.41, 5.74) is 5.67. The van der Waals surface area contributed by atoms with Gasteiger partial charge in [0.2, 0.25) is 5.91 Å². The first kappa shape index (κ1) is 21.4. The maximum absolute atomic E-state index is 11.6.